The molecule has 0 bridgehead atoms. The van der Waals surface area contributed by atoms with Crippen molar-refractivity contribution >= 4 is 29.2 Å². The number of hydrogen-bond acceptors (Lipinski definition) is 1. The highest BCUT2D eigenvalue weighted by atomic mass is 35.5. The van der Waals surface area contributed by atoms with E-state index in [1.807, 2.05) is 0 Å². The van der Waals surface area contributed by atoms with Crippen molar-refractivity contribution in [3.8, 4) is 0 Å². The molecule has 0 fully saturated rings. The van der Waals surface area contributed by atoms with E-state index in [9.17, 15) is 18.0 Å². The van der Waals surface area contributed by atoms with Gasteiger partial charge in [-0.1, -0.05) is 23.2 Å². The van der Waals surface area contributed by atoms with Crippen LogP contribution in [0.25, 0.3) is 0 Å². The van der Waals surface area contributed by atoms with Gasteiger partial charge in [0, 0.05) is 29.0 Å². The minimum Gasteiger partial charge on any atom is -0.478 e. The second-order valence-corrected chi connectivity index (χ2v) is 5.14. The molecule has 1 heterocycles. The third-order valence-electron chi connectivity index (χ3n) is 2.78. The van der Waals surface area contributed by atoms with Crippen molar-refractivity contribution in [2.24, 2.45) is 0 Å². The number of carboxylic acids is 1. The molecule has 0 saturated heterocycles. The van der Waals surface area contributed by atoms with E-state index in [1.165, 1.54) is 12.1 Å². The van der Waals surface area contributed by atoms with E-state index >= 15 is 0 Å². The lowest BCUT2D eigenvalue weighted by molar-refractivity contribution is -0.138. The van der Waals surface area contributed by atoms with Crippen LogP contribution >= 0.6 is 23.2 Å². The zero-order valence-electron chi connectivity index (χ0n) is 10.3. The van der Waals surface area contributed by atoms with Crippen LogP contribution in [0.3, 0.4) is 0 Å². The maximum Gasteiger partial charge on any atom is 0.418 e. The second kappa shape index (κ2) is 5.61. The van der Waals surface area contributed by atoms with Gasteiger partial charge in [-0.2, -0.15) is 13.2 Å². The van der Waals surface area contributed by atoms with Crippen molar-refractivity contribution in [3.05, 3.63) is 57.3 Å². The first kappa shape index (κ1) is 15.7. The van der Waals surface area contributed by atoms with Crippen LogP contribution in [0.2, 0.25) is 10.0 Å². The van der Waals surface area contributed by atoms with Crippen LogP contribution in [0.5, 0.6) is 0 Å². The fourth-order valence-electron chi connectivity index (χ4n) is 1.86. The van der Waals surface area contributed by atoms with E-state index < -0.39 is 23.3 Å². The fourth-order valence-corrected chi connectivity index (χ4v) is 2.23. The Hall–Kier alpha value is -1.66. The van der Waals surface area contributed by atoms with Gasteiger partial charge in [-0.25, -0.2) is 4.79 Å². The maximum absolute atomic E-state index is 12.8. The number of carbonyl (C=O) groups is 1. The number of carboxylic acid groups (broad SMARTS) is 1. The molecule has 8 heteroatoms. The number of nitrogens with zero attached hydrogens (tertiary/aromatic N) is 1. The topological polar surface area (TPSA) is 42.2 Å². The zero-order chi connectivity index (χ0) is 15.8. The van der Waals surface area contributed by atoms with Gasteiger partial charge >= 0.3 is 12.1 Å². The van der Waals surface area contributed by atoms with E-state index in [-0.39, 0.29) is 6.54 Å². The summed E-state index contributed by atoms with van der Waals surface area (Å²) in [6, 6.07) is 4.58. The molecule has 2 rings (SSSR count). The molecule has 0 atom stereocenters. The summed E-state index contributed by atoms with van der Waals surface area (Å²) in [6.45, 7) is -0.0181. The number of alkyl halides is 3. The Balaban J connectivity index is 2.42. The van der Waals surface area contributed by atoms with Gasteiger partial charge in [0.05, 0.1) is 11.1 Å². The molecule has 0 unspecified atom stereocenters. The van der Waals surface area contributed by atoms with Crippen molar-refractivity contribution in [1.82, 2.24) is 4.57 Å². The van der Waals surface area contributed by atoms with E-state index in [0.717, 1.165) is 17.0 Å². The Morgan fingerprint density at radius 2 is 1.90 bits per heavy atom. The lowest BCUT2D eigenvalue weighted by Gasteiger charge is -2.06. The van der Waals surface area contributed by atoms with Gasteiger partial charge in [-0.3, -0.25) is 0 Å². The Kier molecular flexibility index (Phi) is 4.20. The number of benzene rings is 1. The van der Waals surface area contributed by atoms with E-state index in [2.05, 4.69) is 0 Å². The van der Waals surface area contributed by atoms with Crippen LogP contribution in [0.15, 0.2) is 30.6 Å². The molecular formula is C13H8Cl2F3NO2. The normalized spacial score (nSPS) is 11.7. The predicted octanol–water partition coefficient (Wildman–Crippen LogP) is 4.56. The first-order chi connectivity index (χ1) is 9.68. The van der Waals surface area contributed by atoms with Crippen LogP contribution < -0.4 is 0 Å². The summed E-state index contributed by atoms with van der Waals surface area (Å²) in [6.07, 6.45) is -3.08. The van der Waals surface area contributed by atoms with Crippen LogP contribution in [0, 0.1) is 0 Å². The molecule has 0 spiro atoms. The van der Waals surface area contributed by atoms with Crippen molar-refractivity contribution in [2.45, 2.75) is 12.7 Å². The molecule has 112 valence electrons. The second-order valence-electron chi connectivity index (χ2n) is 4.30. The summed E-state index contributed by atoms with van der Waals surface area (Å²) >= 11 is 11.7. The van der Waals surface area contributed by atoms with E-state index in [4.69, 9.17) is 28.3 Å². The predicted molar refractivity (Wildman–Crippen MR) is 72.0 cm³/mol. The van der Waals surface area contributed by atoms with Crippen LogP contribution in [-0.2, 0) is 12.7 Å². The fraction of sp³-hybridized carbons (Fsp3) is 0.154. The molecule has 2 aromatic rings. The van der Waals surface area contributed by atoms with Gasteiger partial charge in [0.25, 0.3) is 0 Å². The molecule has 0 aliphatic carbocycles. The molecule has 1 N–H and O–H groups in total. The van der Waals surface area contributed by atoms with Crippen LogP contribution in [0.4, 0.5) is 13.2 Å². The first-order valence-electron chi connectivity index (χ1n) is 5.62. The highest BCUT2D eigenvalue weighted by molar-refractivity contribution is 6.33. The summed E-state index contributed by atoms with van der Waals surface area (Å²) in [5, 5.41) is 9.56. The van der Waals surface area contributed by atoms with Crippen molar-refractivity contribution < 1.29 is 23.1 Å². The van der Waals surface area contributed by atoms with Gasteiger partial charge in [0.15, 0.2) is 0 Å². The summed E-state index contributed by atoms with van der Waals surface area (Å²) in [5.74, 6) is -1.64. The number of halogens is 5. The Morgan fingerprint density at radius 1 is 1.24 bits per heavy atom. The van der Waals surface area contributed by atoms with Crippen LogP contribution in [-0.4, -0.2) is 15.6 Å². The molecule has 1 aromatic heterocycles. The largest absolute Gasteiger partial charge is 0.478 e. The third kappa shape index (κ3) is 3.51. The molecule has 3 nitrogen and oxygen atoms in total. The average molecular weight is 338 g/mol. The quantitative estimate of drug-likeness (QED) is 0.891. The molecule has 1 aromatic carbocycles. The van der Waals surface area contributed by atoms with Gasteiger partial charge in [0.2, 0.25) is 0 Å². The number of rotatable bonds is 3. The number of hydrogen-bond donors (Lipinski definition) is 1. The van der Waals surface area contributed by atoms with E-state index in [1.54, 1.807) is 6.07 Å². The zero-order valence-corrected chi connectivity index (χ0v) is 11.8. The summed E-state index contributed by atoms with van der Waals surface area (Å²) < 4.78 is 39.5. The minimum atomic E-state index is -4.74. The molecule has 0 amide bonds. The van der Waals surface area contributed by atoms with Crippen molar-refractivity contribution in [3.63, 3.8) is 0 Å². The van der Waals surface area contributed by atoms with Gasteiger partial charge in [-0.15, -0.1) is 0 Å². The monoisotopic (exact) mass is 337 g/mol. The van der Waals surface area contributed by atoms with E-state index in [0.29, 0.717) is 15.6 Å². The lowest BCUT2D eigenvalue weighted by atomic mass is 10.2. The van der Waals surface area contributed by atoms with Gasteiger partial charge in [0.1, 0.15) is 0 Å². The summed E-state index contributed by atoms with van der Waals surface area (Å²) in [5.41, 5.74) is -1.52. The SMILES string of the molecule is O=C(O)c1cn(Cc2cc(Cl)ccc2Cl)cc1C(F)(F)F. The summed E-state index contributed by atoms with van der Waals surface area (Å²) in [4.78, 5) is 10.9. The Labute approximate surface area is 127 Å². The third-order valence-corrected chi connectivity index (χ3v) is 3.38. The standard InChI is InChI=1S/C13H8Cl2F3NO2/c14-8-1-2-11(15)7(3-8)4-19-5-9(12(20)21)10(6-19)13(16,17)18/h1-3,5-6H,4H2,(H,20,21). The first-order valence-corrected chi connectivity index (χ1v) is 6.38. The van der Waals surface area contributed by atoms with Crippen molar-refractivity contribution in [2.75, 3.05) is 0 Å². The van der Waals surface area contributed by atoms with Crippen LogP contribution in [0.1, 0.15) is 21.5 Å². The van der Waals surface area contributed by atoms with Gasteiger partial charge in [-0.05, 0) is 23.8 Å². The Bertz CT molecular complexity index is 695. The molecule has 0 radical (unpaired) electrons. The van der Waals surface area contributed by atoms with Crippen molar-refractivity contribution in [1.29, 1.82) is 0 Å². The number of aromatic carboxylic acids is 1. The minimum absolute atomic E-state index is 0.0181. The molecule has 0 aliphatic rings. The molecular weight excluding hydrogens is 330 g/mol. The number of aromatic nitrogens is 1. The highest BCUT2D eigenvalue weighted by Gasteiger charge is 2.37. The smallest absolute Gasteiger partial charge is 0.418 e. The molecule has 0 saturated carbocycles. The average Bonchev–Trinajstić information content (AvgIpc) is 2.78. The molecule has 0 aliphatic heterocycles. The van der Waals surface area contributed by atoms with Gasteiger partial charge < -0.3 is 9.67 Å². The maximum atomic E-state index is 12.8. The Morgan fingerprint density at radius 3 is 2.43 bits per heavy atom. The highest BCUT2D eigenvalue weighted by Crippen LogP contribution is 2.33. The summed E-state index contributed by atoms with van der Waals surface area (Å²) in [7, 11) is 0. The molecule has 21 heavy (non-hydrogen) atoms. The lowest BCUT2D eigenvalue weighted by Crippen LogP contribution is -2.09.